The van der Waals surface area contributed by atoms with Crippen LogP contribution in [0.2, 0.25) is 0 Å². The Morgan fingerprint density at radius 3 is 2.66 bits per heavy atom. The number of aromatic nitrogens is 1. The molecular formula is C26H37N7O2. The number of carbonyl (C=O) groups excluding carboxylic acids is 2. The van der Waals surface area contributed by atoms with Crippen LogP contribution in [0.25, 0.3) is 0 Å². The van der Waals surface area contributed by atoms with Gasteiger partial charge in [0.2, 0.25) is 5.91 Å². The van der Waals surface area contributed by atoms with Gasteiger partial charge in [-0.15, -0.1) is 0 Å². The number of nitrogens with one attached hydrogen (secondary N) is 2. The number of likely N-dealkylation sites (tertiary alicyclic amines) is 1. The molecule has 2 heterocycles. The molecule has 0 saturated carbocycles. The van der Waals surface area contributed by atoms with Gasteiger partial charge in [0.1, 0.15) is 5.69 Å². The Hall–Kier alpha value is -3.59. The summed E-state index contributed by atoms with van der Waals surface area (Å²) in [4.78, 5) is 34.9. The van der Waals surface area contributed by atoms with E-state index >= 15 is 0 Å². The summed E-state index contributed by atoms with van der Waals surface area (Å²) in [5.74, 6) is 0.788. The lowest BCUT2D eigenvalue weighted by Crippen LogP contribution is -2.37. The van der Waals surface area contributed by atoms with Crippen LogP contribution in [0.1, 0.15) is 35.3 Å². The van der Waals surface area contributed by atoms with Crippen molar-refractivity contribution in [2.45, 2.75) is 25.8 Å². The maximum atomic E-state index is 12.6. The van der Waals surface area contributed by atoms with Crippen molar-refractivity contribution in [3.05, 3.63) is 66.3 Å². The molecule has 1 aliphatic heterocycles. The number of anilines is 2. The van der Waals surface area contributed by atoms with Gasteiger partial charge in [-0.1, -0.05) is 24.8 Å². The molecule has 3 rings (SSSR count). The van der Waals surface area contributed by atoms with Gasteiger partial charge in [-0.25, -0.2) is 0 Å². The summed E-state index contributed by atoms with van der Waals surface area (Å²) in [5.41, 5.74) is 8.28. The van der Waals surface area contributed by atoms with Crippen molar-refractivity contribution in [2.75, 3.05) is 57.9 Å². The molecular weight excluding hydrogens is 442 g/mol. The normalized spacial score (nSPS) is 13.2. The number of likely N-dealkylation sites (N-methyl/N-ethyl adjacent to an activating group) is 1. The third kappa shape index (κ3) is 7.99. The Bertz CT molecular complexity index is 1010. The van der Waals surface area contributed by atoms with Gasteiger partial charge in [0.05, 0.1) is 17.2 Å². The van der Waals surface area contributed by atoms with Gasteiger partial charge in [-0.05, 0) is 50.7 Å². The van der Waals surface area contributed by atoms with E-state index in [9.17, 15) is 9.59 Å². The Morgan fingerprint density at radius 2 is 2.00 bits per heavy atom. The van der Waals surface area contributed by atoms with Crippen LogP contribution >= 0.6 is 0 Å². The van der Waals surface area contributed by atoms with Crippen LogP contribution in [0.4, 0.5) is 11.4 Å². The van der Waals surface area contributed by atoms with E-state index in [-0.39, 0.29) is 11.8 Å². The number of para-hydroxylation sites is 2. The molecule has 0 atom stereocenters. The van der Waals surface area contributed by atoms with Crippen molar-refractivity contribution in [1.82, 2.24) is 25.0 Å². The number of amides is 2. The summed E-state index contributed by atoms with van der Waals surface area (Å²) in [5, 5.41) is 6.20. The molecule has 0 unspecified atom stereocenters. The number of nitrogens with zero attached hydrogens (tertiary/aromatic N) is 4. The van der Waals surface area contributed by atoms with Crippen LogP contribution in [0, 0.1) is 0 Å². The number of rotatable bonds is 13. The van der Waals surface area contributed by atoms with E-state index in [1.807, 2.05) is 37.2 Å². The Balaban J connectivity index is 1.54. The molecule has 0 bridgehead atoms. The molecule has 1 saturated heterocycles. The van der Waals surface area contributed by atoms with Gasteiger partial charge < -0.3 is 31.1 Å². The second-order valence-corrected chi connectivity index (χ2v) is 9.03. The van der Waals surface area contributed by atoms with Crippen LogP contribution < -0.4 is 16.4 Å². The Labute approximate surface area is 208 Å². The van der Waals surface area contributed by atoms with Crippen LogP contribution in [0.3, 0.4) is 0 Å². The highest BCUT2D eigenvalue weighted by molar-refractivity contribution is 6.04. The van der Waals surface area contributed by atoms with Crippen molar-refractivity contribution in [1.29, 1.82) is 0 Å². The topological polar surface area (TPSA) is 107 Å². The largest absolute Gasteiger partial charge is 0.397 e. The predicted molar refractivity (Wildman–Crippen MR) is 140 cm³/mol. The van der Waals surface area contributed by atoms with Crippen molar-refractivity contribution in [3.8, 4) is 0 Å². The summed E-state index contributed by atoms with van der Waals surface area (Å²) in [6, 6.07) is 10.8. The Kier molecular flexibility index (Phi) is 9.48. The molecule has 188 valence electrons. The highest BCUT2D eigenvalue weighted by Gasteiger charge is 2.19. The predicted octanol–water partition coefficient (Wildman–Crippen LogP) is 2.35. The van der Waals surface area contributed by atoms with Gasteiger partial charge in [0, 0.05) is 51.9 Å². The van der Waals surface area contributed by atoms with E-state index in [4.69, 9.17) is 5.73 Å². The van der Waals surface area contributed by atoms with E-state index in [0.717, 1.165) is 56.9 Å². The maximum absolute atomic E-state index is 12.6. The van der Waals surface area contributed by atoms with Crippen LogP contribution in [0.5, 0.6) is 0 Å². The summed E-state index contributed by atoms with van der Waals surface area (Å²) >= 11 is 0. The lowest BCUT2D eigenvalue weighted by Gasteiger charge is -2.29. The SMILES string of the molecule is C=C(NCCCN1CCCC1=O)N(CCN(C)C)Cc1ccc(C(=O)Nc2ccccc2N)nc1. The second-order valence-electron chi connectivity index (χ2n) is 9.03. The molecule has 1 fully saturated rings. The minimum absolute atomic E-state index is 0.258. The Morgan fingerprint density at radius 1 is 1.20 bits per heavy atom. The second kappa shape index (κ2) is 12.8. The van der Waals surface area contributed by atoms with E-state index in [2.05, 4.69) is 32.0 Å². The highest BCUT2D eigenvalue weighted by Crippen LogP contribution is 2.18. The van der Waals surface area contributed by atoms with Crippen LogP contribution in [-0.4, -0.2) is 78.3 Å². The number of nitrogens with two attached hydrogens (primary N) is 1. The fourth-order valence-corrected chi connectivity index (χ4v) is 3.85. The molecule has 0 radical (unpaired) electrons. The lowest BCUT2D eigenvalue weighted by molar-refractivity contribution is -0.127. The molecule has 35 heavy (non-hydrogen) atoms. The number of hydrogen-bond acceptors (Lipinski definition) is 7. The summed E-state index contributed by atoms with van der Waals surface area (Å²) < 4.78 is 0. The van der Waals surface area contributed by atoms with Crippen molar-refractivity contribution in [3.63, 3.8) is 0 Å². The first-order valence-corrected chi connectivity index (χ1v) is 12.0. The number of nitrogen functional groups attached to an aromatic ring is 1. The van der Waals surface area contributed by atoms with Crippen molar-refractivity contribution in [2.24, 2.45) is 0 Å². The summed E-state index contributed by atoms with van der Waals surface area (Å²) in [7, 11) is 4.08. The average Bonchev–Trinajstić information content (AvgIpc) is 3.25. The smallest absolute Gasteiger partial charge is 0.274 e. The third-order valence-corrected chi connectivity index (χ3v) is 5.94. The van der Waals surface area contributed by atoms with Crippen molar-refractivity contribution >= 4 is 23.2 Å². The van der Waals surface area contributed by atoms with E-state index in [0.29, 0.717) is 30.0 Å². The number of benzene rings is 1. The monoisotopic (exact) mass is 479 g/mol. The van der Waals surface area contributed by atoms with Gasteiger partial charge in [-0.2, -0.15) is 0 Å². The molecule has 1 aliphatic rings. The highest BCUT2D eigenvalue weighted by atomic mass is 16.2. The molecule has 0 aliphatic carbocycles. The molecule has 2 aromatic rings. The zero-order chi connectivity index (χ0) is 25.2. The van der Waals surface area contributed by atoms with E-state index in [1.165, 1.54) is 0 Å². The molecule has 9 heteroatoms. The fraction of sp³-hybridized carbons (Fsp3) is 0.423. The minimum Gasteiger partial charge on any atom is -0.397 e. The van der Waals surface area contributed by atoms with Crippen LogP contribution in [0.15, 0.2) is 55.0 Å². The number of hydrogen-bond donors (Lipinski definition) is 3. The standard InChI is InChI=1S/C26H37N7O2/c1-20(28-13-7-15-32-14-6-10-25(32)34)33(17-16-31(2)3)19-21-11-12-24(29-18-21)26(35)30-23-9-5-4-8-22(23)27/h4-5,8-9,11-12,18,28H,1,6-7,10,13-17,19,27H2,2-3H3,(H,30,35). The van der Waals surface area contributed by atoms with Gasteiger partial charge >= 0.3 is 0 Å². The molecule has 4 N–H and O–H groups in total. The van der Waals surface area contributed by atoms with Gasteiger partial charge in [0.25, 0.3) is 5.91 Å². The lowest BCUT2D eigenvalue weighted by atomic mass is 10.2. The van der Waals surface area contributed by atoms with E-state index in [1.54, 1.807) is 24.4 Å². The first-order valence-electron chi connectivity index (χ1n) is 12.0. The zero-order valence-corrected chi connectivity index (χ0v) is 20.8. The first-order chi connectivity index (χ1) is 16.8. The fourth-order valence-electron chi connectivity index (χ4n) is 3.85. The molecule has 2 amide bonds. The molecule has 0 spiro atoms. The average molecular weight is 480 g/mol. The molecule has 1 aromatic heterocycles. The summed E-state index contributed by atoms with van der Waals surface area (Å²) in [6.45, 7) is 8.91. The maximum Gasteiger partial charge on any atom is 0.274 e. The minimum atomic E-state index is -0.304. The quantitative estimate of drug-likeness (QED) is 0.299. The van der Waals surface area contributed by atoms with Crippen LogP contribution in [-0.2, 0) is 11.3 Å². The molecule has 1 aromatic carbocycles. The third-order valence-electron chi connectivity index (χ3n) is 5.94. The zero-order valence-electron chi connectivity index (χ0n) is 20.8. The molecule has 9 nitrogen and oxygen atoms in total. The van der Waals surface area contributed by atoms with Gasteiger partial charge in [-0.3, -0.25) is 14.6 Å². The van der Waals surface area contributed by atoms with Gasteiger partial charge in [0.15, 0.2) is 0 Å². The summed E-state index contributed by atoms with van der Waals surface area (Å²) in [6.07, 6.45) is 4.24. The first kappa shape index (κ1) is 26.0. The van der Waals surface area contributed by atoms with E-state index < -0.39 is 0 Å². The number of carbonyl (C=O) groups is 2. The number of pyridine rings is 1. The van der Waals surface area contributed by atoms with Crippen molar-refractivity contribution < 1.29 is 9.59 Å².